The van der Waals surface area contributed by atoms with E-state index in [1.807, 2.05) is 31.2 Å². The minimum atomic E-state index is -0.227. The van der Waals surface area contributed by atoms with E-state index in [1.54, 1.807) is 4.68 Å². The average Bonchev–Trinajstić information content (AvgIpc) is 2.79. The van der Waals surface area contributed by atoms with Crippen LogP contribution in [0.3, 0.4) is 0 Å². The molecular weight excluding hydrogens is 310 g/mol. The first-order valence-electron chi connectivity index (χ1n) is 5.83. The molecule has 6 heteroatoms. The van der Waals surface area contributed by atoms with E-state index in [1.165, 1.54) is 6.20 Å². The van der Waals surface area contributed by atoms with Gasteiger partial charge in [0.05, 0.1) is 29.7 Å². The maximum Gasteiger partial charge on any atom is 0.254 e. The number of hydrogen-bond acceptors (Lipinski definition) is 3. The van der Waals surface area contributed by atoms with Gasteiger partial charge in [0.2, 0.25) is 0 Å². The summed E-state index contributed by atoms with van der Waals surface area (Å²) in [5, 5.41) is 15.5. The topological polar surface area (TPSA) is 67.2 Å². The number of rotatable bonds is 4. The highest BCUT2D eigenvalue weighted by Gasteiger charge is 2.14. The summed E-state index contributed by atoms with van der Waals surface area (Å²) < 4.78 is 2.70. The Labute approximate surface area is 119 Å². The molecule has 1 heterocycles. The summed E-state index contributed by atoms with van der Waals surface area (Å²) in [5.74, 6) is -0.227. The van der Waals surface area contributed by atoms with E-state index in [-0.39, 0.29) is 19.1 Å². The summed E-state index contributed by atoms with van der Waals surface area (Å²) >= 11 is 3.38. The molecule has 100 valence electrons. The van der Waals surface area contributed by atoms with Gasteiger partial charge in [-0.25, -0.2) is 4.68 Å². The van der Waals surface area contributed by atoms with Crippen LogP contribution in [0.2, 0.25) is 0 Å². The molecule has 0 saturated heterocycles. The second-order valence-electron chi connectivity index (χ2n) is 4.01. The Bertz CT molecular complexity index is 578. The molecule has 1 aromatic heterocycles. The lowest BCUT2D eigenvalue weighted by Gasteiger charge is -2.06. The van der Waals surface area contributed by atoms with Crippen molar-refractivity contribution in [2.24, 2.45) is 0 Å². The number of hydrogen-bond donors (Lipinski definition) is 2. The van der Waals surface area contributed by atoms with Gasteiger partial charge in [0, 0.05) is 11.0 Å². The van der Waals surface area contributed by atoms with E-state index in [9.17, 15) is 4.79 Å². The van der Waals surface area contributed by atoms with Crippen molar-refractivity contribution < 1.29 is 9.90 Å². The number of aromatic nitrogens is 2. The summed E-state index contributed by atoms with van der Waals surface area (Å²) in [6.45, 7) is 2.00. The number of halogens is 1. The lowest BCUT2D eigenvalue weighted by molar-refractivity contribution is 0.0944. The molecule has 0 aliphatic heterocycles. The third kappa shape index (κ3) is 3.02. The van der Waals surface area contributed by atoms with E-state index >= 15 is 0 Å². The molecule has 0 atom stereocenters. The second kappa shape index (κ2) is 5.99. The van der Waals surface area contributed by atoms with Gasteiger partial charge in [-0.2, -0.15) is 5.10 Å². The number of nitrogens with zero attached hydrogens (tertiary/aromatic N) is 2. The molecule has 2 aromatic rings. The SMILES string of the molecule is Cc1c(C(=O)NCCO)cnn1-c1ccc(Br)cc1. The van der Waals surface area contributed by atoms with E-state index in [0.29, 0.717) is 5.56 Å². The van der Waals surface area contributed by atoms with Crippen molar-refractivity contribution >= 4 is 21.8 Å². The fraction of sp³-hybridized carbons (Fsp3) is 0.231. The fourth-order valence-corrected chi connectivity index (χ4v) is 2.00. The zero-order chi connectivity index (χ0) is 13.8. The minimum Gasteiger partial charge on any atom is -0.395 e. The van der Waals surface area contributed by atoms with Crippen LogP contribution < -0.4 is 5.32 Å². The smallest absolute Gasteiger partial charge is 0.254 e. The highest BCUT2D eigenvalue weighted by molar-refractivity contribution is 9.10. The summed E-state index contributed by atoms with van der Waals surface area (Å²) in [6, 6.07) is 7.67. The first-order chi connectivity index (χ1) is 9.13. The van der Waals surface area contributed by atoms with Crippen LogP contribution >= 0.6 is 15.9 Å². The van der Waals surface area contributed by atoms with Crippen molar-refractivity contribution in [2.45, 2.75) is 6.92 Å². The Hall–Kier alpha value is -1.66. The van der Waals surface area contributed by atoms with Crippen LogP contribution in [0.15, 0.2) is 34.9 Å². The molecule has 0 bridgehead atoms. The summed E-state index contributed by atoms with van der Waals surface area (Å²) in [7, 11) is 0. The maximum atomic E-state index is 11.8. The number of amides is 1. The second-order valence-corrected chi connectivity index (χ2v) is 4.93. The molecule has 0 unspecified atom stereocenters. The molecule has 5 nitrogen and oxygen atoms in total. The highest BCUT2D eigenvalue weighted by Crippen LogP contribution is 2.17. The van der Waals surface area contributed by atoms with Crippen molar-refractivity contribution in [2.75, 3.05) is 13.2 Å². The number of nitrogens with one attached hydrogen (secondary N) is 1. The average molecular weight is 324 g/mol. The first kappa shape index (κ1) is 13.8. The predicted octanol–water partition coefficient (Wildman–Crippen LogP) is 1.67. The monoisotopic (exact) mass is 323 g/mol. The largest absolute Gasteiger partial charge is 0.395 e. The van der Waals surface area contributed by atoms with Gasteiger partial charge in [-0.05, 0) is 31.2 Å². The molecule has 0 aliphatic rings. The third-order valence-electron chi connectivity index (χ3n) is 2.72. The van der Waals surface area contributed by atoms with Gasteiger partial charge in [-0.15, -0.1) is 0 Å². The normalized spacial score (nSPS) is 10.5. The van der Waals surface area contributed by atoms with Crippen molar-refractivity contribution in [1.82, 2.24) is 15.1 Å². The zero-order valence-electron chi connectivity index (χ0n) is 10.4. The van der Waals surface area contributed by atoms with E-state index < -0.39 is 0 Å². The molecule has 0 spiro atoms. The fourth-order valence-electron chi connectivity index (χ4n) is 1.74. The molecule has 0 fully saturated rings. The molecule has 1 aromatic carbocycles. The maximum absolute atomic E-state index is 11.8. The van der Waals surface area contributed by atoms with Gasteiger partial charge < -0.3 is 10.4 Å². The summed E-state index contributed by atoms with van der Waals surface area (Å²) in [4.78, 5) is 11.8. The van der Waals surface area contributed by atoms with Gasteiger partial charge in [0.1, 0.15) is 0 Å². The van der Waals surface area contributed by atoms with Crippen LogP contribution in [-0.2, 0) is 0 Å². The Morgan fingerprint density at radius 3 is 2.74 bits per heavy atom. The van der Waals surface area contributed by atoms with Gasteiger partial charge in [0.15, 0.2) is 0 Å². The van der Waals surface area contributed by atoms with Gasteiger partial charge in [-0.1, -0.05) is 15.9 Å². The molecule has 0 radical (unpaired) electrons. The van der Waals surface area contributed by atoms with Crippen molar-refractivity contribution in [3.8, 4) is 5.69 Å². The number of carbonyl (C=O) groups is 1. The van der Waals surface area contributed by atoms with Gasteiger partial charge in [0.25, 0.3) is 5.91 Å². The van der Waals surface area contributed by atoms with Crippen LogP contribution in [-0.4, -0.2) is 33.9 Å². The van der Waals surface area contributed by atoms with Crippen LogP contribution in [0.4, 0.5) is 0 Å². The zero-order valence-corrected chi connectivity index (χ0v) is 12.0. The number of benzene rings is 1. The number of aliphatic hydroxyl groups excluding tert-OH is 1. The molecule has 0 saturated carbocycles. The van der Waals surface area contributed by atoms with Crippen LogP contribution in [0.5, 0.6) is 0 Å². The van der Waals surface area contributed by atoms with Crippen LogP contribution in [0.1, 0.15) is 16.1 Å². The number of aliphatic hydroxyl groups is 1. The standard InChI is InChI=1S/C13H14BrN3O2/c1-9-12(13(19)15-6-7-18)8-16-17(9)11-4-2-10(14)3-5-11/h2-5,8,18H,6-7H2,1H3,(H,15,19). The first-order valence-corrected chi connectivity index (χ1v) is 6.62. The molecule has 2 rings (SSSR count). The van der Waals surface area contributed by atoms with Crippen molar-refractivity contribution in [3.63, 3.8) is 0 Å². The Balaban J connectivity index is 2.27. The van der Waals surface area contributed by atoms with Gasteiger partial charge in [-0.3, -0.25) is 4.79 Å². The molecule has 2 N–H and O–H groups in total. The van der Waals surface area contributed by atoms with Crippen molar-refractivity contribution in [3.05, 3.63) is 46.2 Å². The lowest BCUT2D eigenvalue weighted by Crippen LogP contribution is -2.26. The predicted molar refractivity (Wildman–Crippen MR) is 75.4 cm³/mol. The Morgan fingerprint density at radius 1 is 1.42 bits per heavy atom. The van der Waals surface area contributed by atoms with E-state index in [4.69, 9.17) is 5.11 Å². The van der Waals surface area contributed by atoms with E-state index in [2.05, 4.69) is 26.3 Å². The van der Waals surface area contributed by atoms with E-state index in [0.717, 1.165) is 15.9 Å². The van der Waals surface area contributed by atoms with Crippen LogP contribution in [0.25, 0.3) is 5.69 Å². The summed E-state index contributed by atoms with van der Waals surface area (Å²) in [6.07, 6.45) is 1.53. The highest BCUT2D eigenvalue weighted by atomic mass is 79.9. The Morgan fingerprint density at radius 2 is 2.11 bits per heavy atom. The minimum absolute atomic E-state index is 0.0777. The molecule has 19 heavy (non-hydrogen) atoms. The van der Waals surface area contributed by atoms with Gasteiger partial charge >= 0.3 is 0 Å². The third-order valence-corrected chi connectivity index (χ3v) is 3.25. The molecule has 1 amide bonds. The van der Waals surface area contributed by atoms with Crippen LogP contribution in [0, 0.1) is 6.92 Å². The molecule has 0 aliphatic carbocycles. The lowest BCUT2D eigenvalue weighted by atomic mass is 10.2. The molecular formula is C13H14BrN3O2. The quantitative estimate of drug-likeness (QED) is 0.899. The summed E-state index contributed by atoms with van der Waals surface area (Å²) in [5.41, 5.74) is 2.16. The van der Waals surface area contributed by atoms with Crippen molar-refractivity contribution in [1.29, 1.82) is 0 Å². The number of carbonyl (C=O) groups excluding carboxylic acids is 1. The Kier molecular flexibility index (Phi) is 4.34.